The zero-order chi connectivity index (χ0) is 18.0. The molecule has 0 saturated carbocycles. The summed E-state index contributed by atoms with van der Waals surface area (Å²) >= 11 is 0. The third kappa shape index (κ3) is 9.67. The van der Waals surface area contributed by atoms with Gasteiger partial charge in [-0.1, -0.05) is 52.2 Å². The molecule has 0 heterocycles. The van der Waals surface area contributed by atoms with Gasteiger partial charge in [0.05, 0.1) is 0 Å². The molecule has 0 aliphatic heterocycles. The van der Waals surface area contributed by atoms with Crippen LogP contribution in [-0.4, -0.2) is 25.5 Å². The first-order valence-corrected chi connectivity index (χ1v) is 8.71. The number of aliphatic imine (C=N–C) groups is 1. The standard InChI is InChI=1S/C19H32N4O.HI/c1-5-6-7-11-19(2,3)14-23-18(21-4)22-13-15-9-8-10-16(12-15)17(20)24;/h8-10,12H,5-7,11,13-14H2,1-4H3,(H2,20,24)(H2,21,22,23);1H. The zero-order valence-electron chi connectivity index (χ0n) is 15.9. The highest BCUT2D eigenvalue weighted by Gasteiger charge is 2.17. The summed E-state index contributed by atoms with van der Waals surface area (Å²) in [6.07, 6.45) is 4.99. The first kappa shape index (κ1) is 23.7. The van der Waals surface area contributed by atoms with Crippen molar-refractivity contribution in [2.45, 2.75) is 53.0 Å². The monoisotopic (exact) mass is 460 g/mol. The van der Waals surface area contributed by atoms with Crippen molar-refractivity contribution in [1.29, 1.82) is 0 Å². The number of unbranched alkanes of at least 4 members (excludes halogenated alkanes) is 2. The van der Waals surface area contributed by atoms with Gasteiger partial charge in [0.25, 0.3) is 0 Å². The Morgan fingerprint density at radius 1 is 1.24 bits per heavy atom. The van der Waals surface area contributed by atoms with Crippen molar-refractivity contribution in [3.05, 3.63) is 35.4 Å². The van der Waals surface area contributed by atoms with Gasteiger partial charge in [0.2, 0.25) is 5.91 Å². The molecule has 0 radical (unpaired) electrons. The van der Waals surface area contributed by atoms with Crippen LogP contribution in [-0.2, 0) is 6.54 Å². The number of carbonyl (C=O) groups excluding carboxylic acids is 1. The second kappa shape index (κ2) is 12.1. The molecule has 6 heteroatoms. The minimum Gasteiger partial charge on any atom is -0.366 e. The van der Waals surface area contributed by atoms with Gasteiger partial charge in [-0.15, -0.1) is 24.0 Å². The van der Waals surface area contributed by atoms with Gasteiger partial charge in [0, 0.05) is 25.7 Å². The number of guanidine groups is 1. The summed E-state index contributed by atoms with van der Waals surface area (Å²) in [6.45, 7) is 8.25. The highest BCUT2D eigenvalue weighted by Crippen LogP contribution is 2.22. The summed E-state index contributed by atoms with van der Waals surface area (Å²) < 4.78 is 0. The maximum absolute atomic E-state index is 11.2. The molecule has 0 fully saturated rings. The average Bonchev–Trinajstić information content (AvgIpc) is 2.55. The van der Waals surface area contributed by atoms with Crippen molar-refractivity contribution >= 4 is 35.8 Å². The summed E-state index contributed by atoms with van der Waals surface area (Å²) in [5.74, 6) is 0.358. The average molecular weight is 460 g/mol. The molecule has 0 unspecified atom stereocenters. The SMILES string of the molecule is CCCCCC(C)(C)CNC(=NC)NCc1cccc(C(N)=O)c1.I. The summed E-state index contributed by atoms with van der Waals surface area (Å²) in [4.78, 5) is 15.5. The predicted octanol–water partition coefficient (Wildman–Crippen LogP) is 3.68. The van der Waals surface area contributed by atoms with Crippen molar-refractivity contribution in [3.63, 3.8) is 0 Å². The van der Waals surface area contributed by atoms with Gasteiger partial charge in [-0.3, -0.25) is 9.79 Å². The lowest BCUT2D eigenvalue weighted by Crippen LogP contribution is -2.41. The lowest BCUT2D eigenvalue weighted by molar-refractivity contribution is 0.1000. The fourth-order valence-electron chi connectivity index (χ4n) is 2.51. The van der Waals surface area contributed by atoms with E-state index >= 15 is 0 Å². The van der Waals surface area contributed by atoms with Gasteiger partial charge in [0.1, 0.15) is 0 Å². The van der Waals surface area contributed by atoms with Crippen LogP contribution in [0.4, 0.5) is 0 Å². The number of nitrogens with zero attached hydrogens (tertiary/aromatic N) is 1. The Labute approximate surface area is 169 Å². The zero-order valence-corrected chi connectivity index (χ0v) is 18.2. The molecule has 0 saturated heterocycles. The molecule has 4 N–H and O–H groups in total. The summed E-state index contributed by atoms with van der Waals surface area (Å²) in [6, 6.07) is 7.32. The van der Waals surface area contributed by atoms with Crippen LogP contribution in [0.3, 0.4) is 0 Å². The Bertz CT molecular complexity index is 558. The molecule has 0 aliphatic rings. The number of hydrogen-bond acceptors (Lipinski definition) is 2. The number of carbonyl (C=O) groups is 1. The second-order valence-electron chi connectivity index (χ2n) is 6.97. The largest absolute Gasteiger partial charge is 0.366 e. The molecule has 0 aliphatic carbocycles. The summed E-state index contributed by atoms with van der Waals surface area (Å²) in [7, 11) is 1.76. The molecule has 142 valence electrons. The lowest BCUT2D eigenvalue weighted by Gasteiger charge is -2.26. The number of benzene rings is 1. The number of nitrogens with one attached hydrogen (secondary N) is 2. The molecule has 0 atom stereocenters. The molecular weight excluding hydrogens is 427 g/mol. The van der Waals surface area contributed by atoms with Crippen molar-refractivity contribution < 1.29 is 4.79 Å². The molecular formula is C19H33IN4O. The number of amides is 1. The van der Waals surface area contributed by atoms with Crippen LogP contribution < -0.4 is 16.4 Å². The number of hydrogen-bond donors (Lipinski definition) is 3. The van der Waals surface area contributed by atoms with Gasteiger partial charge in [-0.05, 0) is 29.5 Å². The van der Waals surface area contributed by atoms with Gasteiger partial charge in [-0.25, -0.2) is 0 Å². The maximum Gasteiger partial charge on any atom is 0.248 e. The number of nitrogens with two attached hydrogens (primary N) is 1. The van der Waals surface area contributed by atoms with E-state index in [9.17, 15) is 4.79 Å². The first-order chi connectivity index (χ1) is 11.4. The van der Waals surface area contributed by atoms with Crippen LogP contribution in [0.1, 0.15) is 62.4 Å². The third-order valence-corrected chi connectivity index (χ3v) is 4.09. The minimum absolute atomic E-state index is 0. The van der Waals surface area contributed by atoms with Gasteiger partial charge >= 0.3 is 0 Å². The van der Waals surface area contributed by atoms with Gasteiger partial charge in [0.15, 0.2) is 5.96 Å². The van der Waals surface area contributed by atoms with Crippen molar-refractivity contribution in [3.8, 4) is 0 Å². The smallest absolute Gasteiger partial charge is 0.248 e. The lowest BCUT2D eigenvalue weighted by atomic mass is 9.87. The number of primary amides is 1. The molecule has 25 heavy (non-hydrogen) atoms. The van der Waals surface area contributed by atoms with Crippen LogP contribution >= 0.6 is 24.0 Å². The van der Waals surface area contributed by atoms with E-state index in [-0.39, 0.29) is 29.4 Å². The van der Waals surface area contributed by atoms with E-state index in [1.165, 1.54) is 25.7 Å². The molecule has 0 aromatic heterocycles. The maximum atomic E-state index is 11.2. The quantitative estimate of drug-likeness (QED) is 0.228. The molecule has 1 amide bonds. The topological polar surface area (TPSA) is 79.5 Å². The van der Waals surface area contributed by atoms with E-state index in [0.29, 0.717) is 12.1 Å². The van der Waals surface area contributed by atoms with Crippen LogP contribution in [0, 0.1) is 5.41 Å². The van der Waals surface area contributed by atoms with Gasteiger partial charge < -0.3 is 16.4 Å². The highest BCUT2D eigenvalue weighted by atomic mass is 127. The summed E-state index contributed by atoms with van der Waals surface area (Å²) in [5, 5.41) is 6.67. The van der Waals surface area contributed by atoms with Gasteiger partial charge in [-0.2, -0.15) is 0 Å². The fourth-order valence-corrected chi connectivity index (χ4v) is 2.51. The molecule has 1 aromatic carbocycles. The first-order valence-electron chi connectivity index (χ1n) is 8.71. The Hall–Kier alpha value is -1.31. The Kier molecular flexibility index (Phi) is 11.5. The predicted molar refractivity (Wildman–Crippen MR) is 116 cm³/mol. The van der Waals surface area contributed by atoms with E-state index in [1.54, 1.807) is 19.2 Å². The van der Waals surface area contributed by atoms with E-state index in [1.807, 2.05) is 12.1 Å². The summed E-state index contributed by atoms with van der Waals surface area (Å²) in [5.41, 5.74) is 7.07. The Morgan fingerprint density at radius 3 is 2.56 bits per heavy atom. The van der Waals surface area contributed by atoms with Crippen LogP contribution in [0.15, 0.2) is 29.3 Å². The third-order valence-electron chi connectivity index (χ3n) is 4.09. The fraction of sp³-hybridized carbons (Fsp3) is 0.579. The van der Waals surface area contributed by atoms with Crippen molar-refractivity contribution in [2.24, 2.45) is 16.1 Å². The molecule has 1 aromatic rings. The normalized spacial score (nSPS) is 11.6. The Balaban J connectivity index is 0.00000576. The molecule has 0 bridgehead atoms. The van der Waals surface area contributed by atoms with Crippen LogP contribution in [0.5, 0.6) is 0 Å². The highest BCUT2D eigenvalue weighted by molar-refractivity contribution is 14.0. The van der Waals surface area contributed by atoms with E-state index in [2.05, 4.69) is 36.4 Å². The van der Waals surface area contributed by atoms with E-state index in [0.717, 1.165) is 18.1 Å². The minimum atomic E-state index is -0.409. The van der Waals surface area contributed by atoms with E-state index in [4.69, 9.17) is 5.73 Å². The Morgan fingerprint density at radius 2 is 1.96 bits per heavy atom. The van der Waals surface area contributed by atoms with E-state index < -0.39 is 5.91 Å². The number of halogens is 1. The second-order valence-corrected chi connectivity index (χ2v) is 6.97. The van der Waals surface area contributed by atoms with Crippen molar-refractivity contribution in [1.82, 2.24) is 10.6 Å². The molecule has 5 nitrogen and oxygen atoms in total. The van der Waals surface area contributed by atoms with Crippen molar-refractivity contribution in [2.75, 3.05) is 13.6 Å². The van der Waals surface area contributed by atoms with Crippen LogP contribution in [0.2, 0.25) is 0 Å². The number of rotatable bonds is 9. The molecule has 1 rings (SSSR count). The van der Waals surface area contributed by atoms with Crippen LogP contribution in [0.25, 0.3) is 0 Å². The molecule has 0 spiro atoms.